The van der Waals surface area contributed by atoms with Gasteiger partial charge in [0.25, 0.3) is 5.91 Å². The molecule has 1 N–H and O–H groups in total. The molecule has 3 aromatic rings. The fraction of sp³-hybridized carbons (Fsp3) is 0.385. The van der Waals surface area contributed by atoms with Gasteiger partial charge in [-0.2, -0.15) is 13.2 Å². The molecule has 0 saturated carbocycles. The Morgan fingerprint density at radius 3 is 2.54 bits per heavy atom. The van der Waals surface area contributed by atoms with Gasteiger partial charge >= 0.3 is 12.1 Å². The Morgan fingerprint density at radius 1 is 1.16 bits per heavy atom. The summed E-state index contributed by atoms with van der Waals surface area (Å²) in [5.41, 5.74) is 0.959. The highest BCUT2D eigenvalue weighted by Gasteiger charge is 2.36. The van der Waals surface area contributed by atoms with Crippen molar-refractivity contribution in [3.05, 3.63) is 68.8 Å². The molecule has 0 spiro atoms. The summed E-state index contributed by atoms with van der Waals surface area (Å²) in [6.45, 7) is 2.06. The van der Waals surface area contributed by atoms with Crippen molar-refractivity contribution in [2.24, 2.45) is 13.0 Å². The van der Waals surface area contributed by atoms with E-state index in [0.717, 1.165) is 12.1 Å². The van der Waals surface area contributed by atoms with E-state index in [1.165, 1.54) is 17.0 Å². The zero-order valence-corrected chi connectivity index (χ0v) is 21.6. The van der Waals surface area contributed by atoms with Crippen LogP contribution in [-0.4, -0.2) is 52.3 Å². The zero-order chi connectivity index (χ0) is 27.1. The van der Waals surface area contributed by atoms with Gasteiger partial charge in [-0.25, -0.2) is 0 Å². The normalized spacial score (nSPS) is 18.3. The Bertz CT molecular complexity index is 1360. The molecule has 198 valence electrons. The van der Waals surface area contributed by atoms with Crippen LogP contribution in [0, 0.1) is 5.92 Å². The minimum absolute atomic E-state index is 0.0542. The molecule has 1 aliphatic rings. The summed E-state index contributed by atoms with van der Waals surface area (Å²) < 4.78 is 46.2. The van der Waals surface area contributed by atoms with E-state index in [0.29, 0.717) is 27.2 Å². The van der Waals surface area contributed by atoms with Crippen molar-refractivity contribution < 1.29 is 32.6 Å². The Balaban J connectivity index is 1.59. The van der Waals surface area contributed by atoms with E-state index in [-0.39, 0.29) is 43.1 Å². The van der Waals surface area contributed by atoms with Crippen LogP contribution < -0.4 is 0 Å². The van der Waals surface area contributed by atoms with E-state index in [1.54, 1.807) is 30.7 Å². The number of β-amino-alcohol motifs (C(OH)–C–C–N with tert-alkyl or cyclic N) is 1. The van der Waals surface area contributed by atoms with Crippen LogP contribution in [0.4, 0.5) is 13.2 Å². The van der Waals surface area contributed by atoms with Crippen molar-refractivity contribution in [2.75, 3.05) is 19.7 Å². The van der Waals surface area contributed by atoms with Crippen molar-refractivity contribution >= 4 is 46.0 Å². The largest absolute Gasteiger partial charge is 0.466 e. The summed E-state index contributed by atoms with van der Waals surface area (Å²) >= 11 is 13.1. The van der Waals surface area contributed by atoms with Gasteiger partial charge in [0, 0.05) is 42.8 Å². The number of aliphatic hydroxyl groups is 1. The lowest BCUT2D eigenvalue weighted by molar-refractivity contribution is -0.154. The molecule has 1 aliphatic heterocycles. The van der Waals surface area contributed by atoms with E-state index >= 15 is 0 Å². The van der Waals surface area contributed by atoms with Crippen molar-refractivity contribution in [3.63, 3.8) is 0 Å². The van der Waals surface area contributed by atoms with Crippen molar-refractivity contribution in [2.45, 2.75) is 32.0 Å². The molecular formula is C26H25Cl2F3N2O4. The molecule has 2 aromatic carbocycles. The summed E-state index contributed by atoms with van der Waals surface area (Å²) in [4.78, 5) is 26.8. The van der Waals surface area contributed by atoms with E-state index in [9.17, 15) is 27.9 Å². The third-order valence-corrected chi connectivity index (χ3v) is 7.49. The van der Waals surface area contributed by atoms with Gasteiger partial charge in [-0.3, -0.25) is 9.59 Å². The van der Waals surface area contributed by atoms with Crippen LogP contribution in [0.1, 0.15) is 40.5 Å². The first-order chi connectivity index (χ1) is 17.4. The van der Waals surface area contributed by atoms with Crippen LogP contribution in [0.2, 0.25) is 10.0 Å². The average molecular weight is 557 g/mol. The summed E-state index contributed by atoms with van der Waals surface area (Å²) in [7, 11) is 1.66. The van der Waals surface area contributed by atoms with E-state index in [1.807, 2.05) is 0 Å². The van der Waals surface area contributed by atoms with Gasteiger partial charge in [0.05, 0.1) is 34.8 Å². The Kier molecular flexibility index (Phi) is 7.78. The fourth-order valence-corrected chi connectivity index (χ4v) is 5.23. The monoisotopic (exact) mass is 556 g/mol. The SMILES string of the molecule is CCOC(=O)C1CCN(C(=O)c2ccc(Cl)c(Cc3cc4ccc(C(F)(F)F)cc4n3C)c2Cl)CC1O. The fourth-order valence-electron chi connectivity index (χ4n) is 4.65. The number of aryl methyl sites for hydroxylation is 1. The summed E-state index contributed by atoms with van der Waals surface area (Å²) in [5.74, 6) is -1.62. The first-order valence-corrected chi connectivity index (χ1v) is 12.4. The second kappa shape index (κ2) is 10.6. The maximum atomic E-state index is 13.3. The smallest absolute Gasteiger partial charge is 0.416 e. The Labute approximate surface area is 221 Å². The van der Waals surface area contributed by atoms with Crippen LogP contribution in [0.5, 0.6) is 0 Å². The second-order valence-electron chi connectivity index (χ2n) is 9.00. The minimum Gasteiger partial charge on any atom is -0.466 e. The third-order valence-electron chi connectivity index (χ3n) is 6.70. The molecule has 0 radical (unpaired) electrons. The zero-order valence-electron chi connectivity index (χ0n) is 20.1. The lowest BCUT2D eigenvalue weighted by Gasteiger charge is -2.35. The van der Waals surface area contributed by atoms with Gasteiger partial charge in [0.2, 0.25) is 0 Å². The number of rotatable bonds is 5. The molecule has 6 nitrogen and oxygen atoms in total. The number of carbonyl (C=O) groups excluding carboxylic acids is 2. The summed E-state index contributed by atoms with van der Waals surface area (Å²) in [6, 6.07) is 8.33. The van der Waals surface area contributed by atoms with Crippen molar-refractivity contribution in [3.8, 4) is 0 Å². The molecule has 1 aromatic heterocycles. The number of halogens is 5. The first-order valence-electron chi connectivity index (χ1n) is 11.7. The van der Waals surface area contributed by atoms with Crippen LogP contribution in [-0.2, 0) is 29.2 Å². The predicted molar refractivity (Wildman–Crippen MR) is 134 cm³/mol. The highest BCUT2D eigenvalue weighted by molar-refractivity contribution is 6.38. The maximum absolute atomic E-state index is 13.3. The number of amides is 1. The number of benzene rings is 2. The number of nitrogens with zero attached hydrogens (tertiary/aromatic N) is 2. The molecule has 2 unspecified atom stereocenters. The molecule has 37 heavy (non-hydrogen) atoms. The third kappa shape index (κ3) is 5.44. The van der Waals surface area contributed by atoms with Crippen LogP contribution in [0.3, 0.4) is 0 Å². The summed E-state index contributed by atoms with van der Waals surface area (Å²) in [6.07, 6.45) is -5.10. The highest BCUT2D eigenvalue weighted by Crippen LogP contribution is 2.35. The van der Waals surface area contributed by atoms with Crippen molar-refractivity contribution in [1.29, 1.82) is 0 Å². The lowest BCUT2D eigenvalue weighted by Crippen LogP contribution is -2.49. The topological polar surface area (TPSA) is 71.8 Å². The molecule has 2 heterocycles. The standard InChI is InChI=1S/C26H25Cl2F3N2O4/c1-3-37-25(36)17-8-9-33(13-22(17)34)24(35)18-6-7-20(27)19(23(18)28)12-16-10-14-4-5-15(26(29,30)31)11-21(14)32(16)2/h4-7,10-11,17,22,34H,3,8-9,12-13H2,1-2H3. The Hall–Kier alpha value is -2.75. The highest BCUT2D eigenvalue weighted by atomic mass is 35.5. The molecule has 4 rings (SSSR count). The molecule has 0 aliphatic carbocycles. The summed E-state index contributed by atoms with van der Waals surface area (Å²) in [5, 5.41) is 11.5. The van der Waals surface area contributed by atoms with Gasteiger partial charge in [0.1, 0.15) is 0 Å². The number of carbonyl (C=O) groups is 2. The number of alkyl halides is 3. The number of aromatic nitrogens is 1. The predicted octanol–water partition coefficient (Wildman–Crippen LogP) is 5.48. The second-order valence-corrected chi connectivity index (χ2v) is 9.78. The van der Waals surface area contributed by atoms with Crippen LogP contribution >= 0.6 is 23.2 Å². The van der Waals surface area contributed by atoms with Crippen LogP contribution in [0.25, 0.3) is 10.9 Å². The number of likely N-dealkylation sites (tertiary alicyclic amines) is 1. The minimum atomic E-state index is -4.46. The van der Waals surface area contributed by atoms with Gasteiger partial charge in [-0.15, -0.1) is 0 Å². The van der Waals surface area contributed by atoms with E-state index in [2.05, 4.69) is 0 Å². The molecule has 1 amide bonds. The lowest BCUT2D eigenvalue weighted by atomic mass is 9.93. The number of hydrogen-bond donors (Lipinski definition) is 1. The first kappa shape index (κ1) is 27.3. The van der Waals surface area contributed by atoms with Gasteiger partial charge in [-0.1, -0.05) is 29.3 Å². The van der Waals surface area contributed by atoms with Crippen LogP contribution in [0.15, 0.2) is 36.4 Å². The molecule has 11 heteroatoms. The molecular weight excluding hydrogens is 532 g/mol. The maximum Gasteiger partial charge on any atom is 0.416 e. The Morgan fingerprint density at radius 2 is 1.89 bits per heavy atom. The number of aliphatic hydroxyl groups excluding tert-OH is 1. The molecule has 1 saturated heterocycles. The molecule has 1 fully saturated rings. The van der Waals surface area contributed by atoms with Crippen molar-refractivity contribution in [1.82, 2.24) is 9.47 Å². The van der Waals surface area contributed by atoms with Gasteiger partial charge in [-0.05, 0) is 54.6 Å². The average Bonchev–Trinajstić information content (AvgIpc) is 3.15. The molecule has 2 atom stereocenters. The number of esters is 1. The van der Waals surface area contributed by atoms with Gasteiger partial charge < -0.3 is 19.3 Å². The van der Waals surface area contributed by atoms with E-state index in [4.69, 9.17) is 27.9 Å². The number of piperidine rings is 1. The van der Waals surface area contributed by atoms with E-state index < -0.39 is 35.6 Å². The van der Waals surface area contributed by atoms with Gasteiger partial charge in [0.15, 0.2) is 0 Å². The molecule has 0 bridgehead atoms. The number of fused-ring (bicyclic) bond motifs is 1. The number of ether oxygens (including phenoxy) is 1. The number of hydrogen-bond acceptors (Lipinski definition) is 4. The quantitative estimate of drug-likeness (QED) is 0.422.